The number of primary sulfonamides is 1. The van der Waals surface area contributed by atoms with E-state index in [1.54, 1.807) is 0 Å². The summed E-state index contributed by atoms with van der Waals surface area (Å²) in [6, 6.07) is 4.82. The Labute approximate surface area is 160 Å². The van der Waals surface area contributed by atoms with E-state index in [9.17, 15) is 25.3 Å². The van der Waals surface area contributed by atoms with Crippen LogP contribution in [-0.2, 0) is 30.1 Å². The molecule has 0 aromatic heterocycles. The van der Waals surface area contributed by atoms with Gasteiger partial charge in [-0.25, -0.2) is 35.1 Å². The lowest BCUT2D eigenvalue weighted by atomic mass is 10.3. The lowest BCUT2D eigenvalue weighted by Gasteiger charge is -2.34. The van der Waals surface area contributed by atoms with Crippen LogP contribution in [0.1, 0.15) is 6.42 Å². The van der Waals surface area contributed by atoms with Crippen molar-refractivity contribution in [2.45, 2.75) is 16.2 Å². The summed E-state index contributed by atoms with van der Waals surface area (Å²) in [5.41, 5.74) is 0. The van der Waals surface area contributed by atoms with Gasteiger partial charge in [-0.3, -0.25) is 0 Å². The number of nitrogens with zero attached hydrogens (tertiary/aromatic N) is 2. The van der Waals surface area contributed by atoms with Crippen LogP contribution < -0.4 is 9.86 Å². The summed E-state index contributed by atoms with van der Waals surface area (Å²) < 4.78 is 73.7. The lowest BCUT2D eigenvalue weighted by molar-refractivity contribution is 0.187. The first-order valence-corrected chi connectivity index (χ1v) is 13.1. The SMILES string of the molecule is CS(=O)(=O)NCCCN1CCN(S(=O)(=O)c2ccc(S(N)(=O)=O)cc2)CC1. The van der Waals surface area contributed by atoms with Crippen LogP contribution in [0.25, 0.3) is 0 Å². The van der Waals surface area contributed by atoms with Crippen molar-refractivity contribution < 1.29 is 25.3 Å². The van der Waals surface area contributed by atoms with E-state index in [0.717, 1.165) is 6.26 Å². The van der Waals surface area contributed by atoms with E-state index in [1.807, 2.05) is 0 Å². The smallest absolute Gasteiger partial charge is 0.243 e. The molecule has 0 bridgehead atoms. The van der Waals surface area contributed by atoms with Crippen LogP contribution >= 0.6 is 0 Å². The summed E-state index contributed by atoms with van der Waals surface area (Å²) in [6.07, 6.45) is 1.74. The molecule has 1 aromatic carbocycles. The molecule has 0 saturated carbocycles. The van der Waals surface area contributed by atoms with Crippen LogP contribution in [0.2, 0.25) is 0 Å². The zero-order chi connectivity index (χ0) is 20.3. The number of hydrogen-bond donors (Lipinski definition) is 2. The van der Waals surface area contributed by atoms with Gasteiger partial charge in [0, 0.05) is 32.7 Å². The van der Waals surface area contributed by atoms with Gasteiger partial charge in [-0.2, -0.15) is 4.31 Å². The molecule has 154 valence electrons. The predicted molar refractivity (Wildman–Crippen MR) is 100 cm³/mol. The Morgan fingerprint density at radius 1 is 0.926 bits per heavy atom. The number of nitrogens with one attached hydrogen (secondary N) is 1. The van der Waals surface area contributed by atoms with E-state index in [2.05, 4.69) is 9.62 Å². The average molecular weight is 441 g/mol. The second-order valence-corrected chi connectivity index (χ2v) is 11.6. The minimum atomic E-state index is -3.88. The summed E-state index contributed by atoms with van der Waals surface area (Å²) in [5.74, 6) is 0. The van der Waals surface area contributed by atoms with Crippen molar-refractivity contribution >= 4 is 30.1 Å². The van der Waals surface area contributed by atoms with Crippen LogP contribution in [0.5, 0.6) is 0 Å². The molecule has 1 fully saturated rings. The van der Waals surface area contributed by atoms with Gasteiger partial charge in [0.15, 0.2) is 0 Å². The van der Waals surface area contributed by atoms with E-state index in [1.165, 1.54) is 28.6 Å². The fraction of sp³-hybridized carbons (Fsp3) is 0.571. The zero-order valence-electron chi connectivity index (χ0n) is 14.9. The quantitative estimate of drug-likeness (QED) is 0.472. The number of hydrogen-bond acceptors (Lipinski definition) is 7. The Bertz CT molecular complexity index is 951. The Balaban J connectivity index is 1.91. The van der Waals surface area contributed by atoms with Gasteiger partial charge in [0.25, 0.3) is 0 Å². The molecule has 1 aliphatic heterocycles. The molecule has 1 heterocycles. The molecule has 0 radical (unpaired) electrons. The monoisotopic (exact) mass is 440 g/mol. The van der Waals surface area contributed by atoms with Crippen LogP contribution in [0.15, 0.2) is 34.1 Å². The molecule has 10 nitrogen and oxygen atoms in total. The highest BCUT2D eigenvalue weighted by Crippen LogP contribution is 2.19. The van der Waals surface area contributed by atoms with Gasteiger partial charge >= 0.3 is 0 Å². The first-order chi connectivity index (χ1) is 12.4. The fourth-order valence-electron chi connectivity index (χ4n) is 2.70. The third-order valence-electron chi connectivity index (χ3n) is 4.14. The van der Waals surface area contributed by atoms with Crippen LogP contribution in [0.3, 0.4) is 0 Å². The summed E-state index contributed by atoms with van der Waals surface area (Å²) in [7, 11) is -10.8. The van der Waals surface area contributed by atoms with Gasteiger partial charge in [-0.1, -0.05) is 0 Å². The number of benzene rings is 1. The summed E-state index contributed by atoms with van der Waals surface area (Å²) in [4.78, 5) is 1.94. The number of nitrogens with two attached hydrogens (primary N) is 1. The topological polar surface area (TPSA) is 147 Å². The molecule has 0 spiro atoms. The molecule has 2 rings (SSSR count). The van der Waals surface area contributed by atoms with Crippen molar-refractivity contribution in [1.29, 1.82) is 0 Å². The largest absolute Gasteiger partial charge is 0.301 e. The Morgan fingerprint density at radius 2 is 1.44 bits per heavy atom. The molecular weight excluding hydrogens is 416 g/mol. The van der Waals surface area contributed by atoms with Crippen LogP contribution in [0.4, 0.5) is 0 Å². The normalized spacial score (nSPS) is 17.9. The minimum Gasteiger partial charge on any atom is -0.301 e. The molecule has 1 aromatic rings. The van der Waals surface area contributed by atoms with E-state index < -0.39 is 30.1 Å². The fourth-order valence-corrected chi connectivity index (χ4v) is 5.16. The third kappa shape index (κ3) is 6.48. The van der Waals surface area contributed by atoms with Gasteiger partial charge in [0.05, 0.1) is 16.0 Å². The summed E-state index contributed by atoms with van der Waals surface area (Å²) in [6.45, 7) is 2.69. The van der Waals surface area contributed by atoms with E-state index in [-0.39, 0.29) is 9.79 Å². The van der Waals surface area contributed by atoms with Crippen molar-refractivity contribution in [2.24, 2.45) is 5.14 Å². The zero-order valence-corrected chi connectivity index (χ0v) is 17.4. The van der Waals surface area contributed by atoms with E-state index >= 15 is 0 Å². The van der Waals surface area contributed by atoms with Crippen molar-refractivity contribution in [3.05, 3.63) is 24.3 Å². The third-order valence-corrected chi connectivity index (χ3v) is 7.71. The average Bonchev–Trinajstić information content (AvgIpc) is 2.58. The molecule has 0 aliphatic carbocycles. The number of rotatable bonds is 8. The standard InChI is InChI=1S/C14H24N4O6S3/c1-25(19,20)16-7-2-8-17-9-11-18(12-10-17)27(23,24)14-5-3-13(4-6-14)26(15,21)22/h3-6,16H,2,7-12H2,1H3,(H2,15,21,22). The second-order valence-electron chi connectivity index (χ2n) is 6.28. The maximum atomic E-state index is 12.7. The summed E-state index contributed by atoms with van der Waals surface area (Å²) in [5, 5.41) is 5.02. The van der Waals surface area contributed by atoms with Crippen LogP contribution in [-0.4, -0.2) is 80.0 Å². The first-order valence-electron chi connectivity index (χ1n) is 8.19. The number of sulfonamides is 3. The maximum Gasteiger partial charge on any atom is 0.243 e. The molecule has 0 atom stereocenters. The Kier molecular flexibility index (Phi) is 7.00. The molecular formula is C14H24N4O6S3. The molecule has 27 heavy (non-hydrogen) atoms. The Hall–Kier alpha value is -1.09. The van der Waals surface area contributed by atoms with Gasteiger partial charge in [0.1, 0.15) is 0 Å². The van der Waals surface area contributed by atoms with Gasteiger partial charge in [0.2, 0.25) is 30.1 Å². The van der Waals surface area contributed by atoms with Crippen LogP contribution in [0, 0.1) is 0 Å². The molecule has 0 amide bonds. The Morgan fingerprint density at radius 3 is 1.93 bits per heavy atom. The highest BCUT2D eigenvalue weighted by Gasteiger charge is 2.28. The highest BCUT2D eigenvalue weighted by molar-refractivity contribution is 7.89. The lowest BCUT2D eigenvalue weighted by Crippen LogP contribution is -2.49. The highest BCUT2D eigenvalue weighted by atomic mass is 32.2. The molecule has 3 N–H and O–H groups in total. The van der Waals surface area contributed by atoms with Crippen molar-refractivity contribution in [1.82, 2.24) is 13.9 Å². The first kappa shape index (κ1) is 22.2. The van der Waals surface area contributed by atoms with Gasteiger partial charge in [-0.05, 0) is 37.2 Å². The maximum absolute atomic E-state index is 12.7. The van der Waals surface area contributed by atoms with Crippen molar-refractivity contribution in [3.63, 3.8) is 0 Å². The number of piperazine rings is 1. The summed E-state index contributed by atoms with van der Waals surface area (Å²) >= 11 is 0. The second kappa shape index (κ2) is 8.51. The molecule has 0 unspecified atom stereocenters. The minimum absolute atomic E-state index is 0.0145. The molecule has 13 heteroatoms. The van der Waals surface area contributed by atoms with Gasteiger partial charge in [-0.15, -0.1) is 0 Å². The predicted octanol–water partition coefficient (Wildman–Crippen LogP) is -1.42. The molecule has 1 saturated heterocycles. The van der Waals surface area contributed by atoms with Crippen molar-refractivity contribution in [2.75, 3.05) is 45.5 Å². The van der Waals surface area contributed by atoms with E-state index in [4.69, 9.17) is 5.14 Å². The van der Waals surface area contributed by atoms with E-state index in [0.29, 0.717) is 45.7 Å². The van der Waals surface area contributed by atoms with Crippen molar-refractivity contribution in [3.8, 4) is 0 Å². The molecule has 1 aliphatic rings. The van der Waals surface area contributed by atoms with Gasteiger partial charge < -0.3 is 4.90 Å².